The first-order chi connectivity index (χ1) is 6.81. The maximum Gasteiger partial charge on any atom is 0.401 e. The highest BCUT2D eigenvalue weighted by Crippen LogP contribution is 2.17. The van der Waals surface area contributed by atoms with E-state index < -0.39 is 12.7 Å². The Hall–Kier alpha value is -0.330. The van der Waals surface area contributed by atoms with Gasteiger partial charge >= 0.3 is 6.18 Å². The van der Waals surface area contributed by atoms with Gasteiger partial charge in [-0.3, -0.25) is 4.90 Å². The van der Waals surface area contributed by atoms with Crippen LogP contribution in [0.4, 0.5) is 13.2 Å². The van der Waals surface area contributed by atoms with Crippen LogP contribution in [0.2, 0.25) is 0 Å². The number of nitrogens with zero attached hydrogens (tertiary/aromatic N) is 1. The summed E-state index contributed by atoms with van der Waals surface area (Å²) in [6.45, 7) is 3.25. The minimum absolute atomic E-state index is 0.181. The predicted octanol–water partition coefficient (Wildman–Crippen LogP) is 0.859. The zero-order valence-corrected chi connectivity index (χ0v) is 9.02. The van der Waals surface area contributed by atoms with Crippen molar-refractivity contribution >= 4 is 0 Å². The Balaban J connectivity index is 2.09. The molecule has 0 aromatic carbocycles. The van der Waals surface area contributed by atoms with Gasteiger partial charge in [0, 0.05) is 19.6 Å². The molecule has 0 bridgehead atoms. The molecule has 0 unspecified atom stereocenters. The lowest BCUT2D eigenvalue weighted by Crippen LogP contribution is -2.59. The summed E-state index contributed by atoms with van der Waals surface area (Å²) in [6, 6.07) is 0. The van der Waals surface area contributed by atoms with Crippen molar-refractivity contribution in [3.05, 3.63) is 0 Å². The van der Waals surface area contributed by atoms with E-state index in [-0.39, 0.29) is 5.60 Å². The lowest BCUT2D eigenvalue weighted by molar-refractivity contribution is -0.146. The summed E-state index contributed by atoms with van der Waals surface area (Å²) in [5.74, 6) is 0. The molecule has 6 heteroatoms. The molecule has 1 rings (SSSR count). The van der Waals surface area contributed by atoms with Crippen LogP contribution in [-0.2, 0) is 4.74 Å². The second-order valence-corrected chi connectivity index (χ2v) is 4.25. The number of alkyl halides is 3. The molecule has 90 valence electrons. The summed E-state index contributed by atoms with van der Waals surface area (Å²) >= 11 is 0. The molecule has 0 aromatic rings. The zero-order valence-electron chi connectivity index (χ0n) is 9.02. The Morgan fingerprint density at radius 1 is 1.40 bits per heavy atom. The molecule has 1 aliphatic heterocycles. The summed E-state index contributed by atoms with van der Waals surface area (Å²) in [6.07, 6.45) is -4.13. The number of ether oxygens (including phenoxy) is 1. The molecule has 1 saturated heterocycles. The van der Waals surface area contributed by atoms with Gasteiger partial charge in [-0.1, -0.05) is 0 Å². The summed E-state index contributed by atoms with van der Waals surface area (Å²) in [4.78, 5) is 1.22. The van der Waals surface area contributed by atoms with Crippen molar-refractivity contribution in [1.29, 1.82) is 0 Å². The van der Waals surface area contributed by atoms with Crippen LogP contribution in [0, 0.1) is 0 Å². The Bertz CT molecular complexity index is 204. The average molecular weight is 226 g/mol. The van der Waals surface area contributed by atoms with Gasteiger partial charge in [0.1, 0.15) is 0 Å². The normalized spacial score (nSPS) is 20.4. The van der Waals surface area contributed by atoms with Crippen molar-refractivity contribution in [2.24, 2.45) is 0 Å². The van der Waals surface area contributed by atoms with Gasteiger partial charge in [0.05, 0.1) is 18.8 Å². The van der Waals surface area contributed by atoms with Gasteiger partial charge in [-0.2, -0.15) is 13.2 Å². The van der Waals surface area contributed by atoms with Crippen LogP contribution in [0.3, 0.4) is 0 Å². The first-order valence-corrected chi connectivity index (χ1v) is 4.91. The highest BCUT2D eigenvalue weighted by atomic mass is 19.4. The van der Waals surface area contributed by atoms with Crippen LogP contribution in [0.25, 0.3) is 0 Å². The van der Waals surface area contributed by atoms with Crippen molar-refractivity contribution in [3.8, 4) is 0 Å². The number of hydrogen-bond acceptors (Lipinski definition) is 3. The fraction of sp³-hybridized carbons (Fsp3) is 1.00. The van der Waals surface area contributed by atoms with Crippen LogP contribution < -0.4 is 5.32 Å². The molecule has 15 heavy (non-hydrogen) atoms. The van der Waals surface area contributed by atoms with Crippen LogP contribution in [-0.4, -0.2) is 56.5 Å². The molecular formula is C9H17F3N2O. The summed E-state index contributed by atoms with van der Waals surface area (Å²) in [7, 11) is 1.44. The van der Waals surface area contributed by atoms with Crippen LogP contribution >= 0.6 is 0 Å². The van der Waals surface area contributed by atoms with Crippen molar-refractivity contribution in [1.82, 2.24) is 10.2 Å². The number of hydrogen-bond donors (Lipinski definition) is 1. The standard InChI is InChI=1S/C9H17F3N2O/c1-8(5-13-6-8)15-4-3-14(2)7-9(10,11)12/h13H,3-7H2,1-2H3. The Kier molecular flexibility index (Phi) is 3.97. The first-order valence-electron chi connectivity index (χ1n) is 4.91. The minimum atomic E-state index is -4.13. The quantitative estimate of drug-likeness (QED) is 0.752. The van der Waals surface area contributed by atoms with Gasteiger partial charge in [-0.05, 0) is 14.0 Å². The van der Waals surface area contributed by atoms with Gasteiger partial charge in [-0.25, -0.2) is 0 Å². The van der Waals surface area contributed by atoms with Crippen molar-refractivity contribution < 1.29 is 17.9 Å². The molecular weight excluding hydrogens is 209 g/mol. The monoisotopic (exact) mass is 226 g/mol. The fourth-order valence-corrected chi connectivity index (χ4v) is 1.41. The molecule has 1 heterocycles. The summed E-state index contributed by atoms with van der Waals surface area (Å²) in [5.41, 5.74) is -0.181. The Labute approximate surface area is 87.6 Å². The highest BCUT2D eigenvalue weighted by molar-refractivity contribution is 4.90. The van der Waals surface area contributed by atoms with Crippen molar-refractivity contribution in [2.75, 3.05) is 39.8 Å². The highest BCUT2D eigenvalue weighted by Gasteiger charge is 2.33. The summed E-state index contributed by atoms with van der Waals surface area (Å²) < 4.78 is 41.3. The molecule has 0 radical (unpaired) electrons. The maximum absolute atomic E-state index is 12.0. The second kappa shape index (κ2) is 4.67. The molecule has 0 aromatic heterocycles. The third-order valence-electron chi connectivity index (χ3n) is 2.37. The van der Waals surface area contributed by atoms with Crippen LogP contribution in [0.5, 0.6) is 0 Å². The molecule has 0 atom stereocenters. The fourth-order valence-electron chi connectivity index (χ4n) is 1.41. The Morgan fingerprint density at radius 3 is 2.40 bits per heavy atom. The van der Waals surface area contributed by atoms with Gasteiger partial charge in [0.25, 0.3) is 0 Å². The van der Waals surface area contributed by atoms with E-state index in [0.29, 0.717) is 13.2 Å². The van der Waals surface area contributed by atoms with Crippen LogP contribution in [0.1, 0.15) is 6.92 Å². The van der Waals surface area contributed by atoms with E-state index in [1.807, 2.05) is 6.92 Å². The molecule has 1 fully saturated rings. The van der Waals surface area contributed by atoms with Crippen molar-refractivity contribution in [3.63, 3.8) is 0 Å². The lowest BCUT2D eigenvalue weighted by Gasteiger charge is -2.39. The van der Waals surface area contributed by atoms with Gasteiger partial charge in [0.2, 0.25) is 0 Å². The third-order valence-corrected chi connectivity index (χ3v) is 2.37. The van der Waals surface area contributed by atoms with Gasteiger partial charge in [0.15, 0.2) is 0 Å². The predicted molar refractivity (Wildman–Crippen MR) is 50.8 cm³/mol. The summed E-state index contributed by atoms with van der Waals surface area (Å²) in [5, 5.41) is 3.06. The number of nitrogens with one attached hydrogen (secondary N) is 1. The molecule has 1 N–H and O–H groups in total. The third kappa shape index (κ3) is 4.81. The van der Waals surface area contributed by atoms with Gasteiger partial charge < -0.3 is 10.1 Å². The topological polar surface area (TPSA) is 24.5 Å². The van der Waals surface area contributed by atoms with E-state index in [1.54, 1.807) is 0 Å². The molecule has 3 nitrogen and oxygen atoms in total. The number of likely N-dealkylation sites (N-methyl/N-ethyl adjacent to an activating group) is 1. The number of halogens is 3. The molecule has 0 saturated carbocycles. The van der Waals surface area contributed by atoms with E-state index in [2.05, 4.69) is 5.32 Å². The lowest BCUT2D eigenvalue weighted by atomic mass is 10.0. The molecule has 1 aliphatic rings. The number of rotatable bonds is 5. The maximum atomic E-state index is 12.0. The second-order valence-electron chi connectivity index (χ2n) is 4.25. The van der Waals surface area contributed by atoms with Gasteiger partial charge in [-0.15, -0.1) is 0 Å². The zero-order chi connectivity index (χ0) is 11.5. The molecule has 0 spiro atoms. The first kappa shape index (κ1) is 12.7. The van der Waals surface area contributed by atoms with E-state index in [1.165, 1.54) is 11.9 Å². The smallest absolute Gasteiger partial charge is 0.371 e. The minimum Gasteiger partial charge on any atom is -0.371 e. The van der Waals surface area contributed by atoms with E-state index in [4.69, 9.17) is 4.74 Å². The van der Waals surface area contributed by atoms with E-state index >= 15 is 0 Å². The molecule has 0 amide bonds. The Morgan fingerprint density at radius 2 is 2.00 bits per heavy atom. The molecule has 0 aliphatic carbocycles. The van der Waals surface area contributed by atoms with Crippen LogP contribution in [0.15, 0.2) is 0 Å². The van der Waals surface area contributed by atoms with Crippen molar-refractivity contribution in [2.45, 2.75) is 18.7 Å². The van der Waals surface area contributed by atoms with E-state index in [9.17, 15) is 13.2 Å². The average Bonchev–Trinajstić information content (AvgIpc) is 1.97. The largest absolute Gasteiger partial charge is 0.401 e. The van der Waals surface area contributed by atoms with E-state index in [0.717, 1.165) is 13.1 Å². The SMILES string of the molecule is CN(CCOC1(C)CNC1)CC(F)(F)F.